The molecule has 0 saturated heterocycles. The van der Waals surface area contributed by atoms with Crippen LogP contribution < -0.4 is 15.4 Å². The Kier molecular flexibility index (Phi) is 7.32. The zero-order valence-corrected chi connectivity index (χ0v) is 17.5. The smallest absolute Gasteiger partial charge is 0.418 e. The highest BCUT2D eigenvalue weighted by atomic mass is 19.4. The summed E-state index contributed by atoms with van der Waals surface area (Å²) in [5.74, 6) is -1.72. The standard InChI is InChI=1S/C24H20F4N2O3/c1-2-33-17-10-7-15(8-11-17)13-22(31)30-21-12-9-16(14-19(21)24(26,27)28)29-23(32)18-5-3-4-6-20(18)25/h3-12,14H,2,13H2,1H3,(H,29,32)(H,30,31). The maximum Gasteiger partial charge on any atom is 0.418 e. The number of hydrogen-bond acceptors (Lipinski definition) is 3. The van der Waals surface area contributed by atoms with Crippen LogP contribution in [0.3, 0.4) is 0 Å². The van der Waals surface area contributed by atoms with E-state index in [2.05, 4.69) is 10.6 Å². The summed E-state index contributed by atoms with van der Waals surface area (Å²) in [6, 6.07) is 14.7. The van der Waals surface area contributed by atoms with Crippen LogP contribution in [0.2, 0.25) is 0 Å². The van der Waals surface area contributed by atoms with Crippen molar-refractivity contribution in [3.05, 3.63) is 89.2 Å². The topological polar surface area (TPSA) is 67.4 Å². The molecule has 3 aromatic carbocycles. The van der Waals surface area contributed by atoms with Crippen LogP contribution in [0.4, 0.5) is 28.9 Å². The molecular formula is C24H20F4N2O3. The highest BCUT2D eigenvalue weighted by Crippen LogP contribution is 2.37. The molecule has 0 bridgehead atoms. The molecular weight excluding hydrogens is 440 g/mol. The first-order valence-electron chi connectivity index (χ1n) is 9.96. The Hall–Kier alpha value is -3.88. The minimum atomic E-state index is -4.81. The van der Waals surface area contributed by atoms with Crippen LogP contribution in [0.1, 0.15) is 28.4 Å². The lowest BCUT2D eigenvalue weighted by Crippen LogP contribution is -2.19. The fourth-order valence-corrected chi connectivity index (χ4v) is 3.06. The summed E-state index contributed by atoms with van der Waals surface area (Å²) in [5.41, 5.74) is -1.51. The van der Waals surface area contributed by atoms with Gasteiger partial charge in [0, 0.05) is 5.69 Å². The monoisotopic (exact) mass is 460 g/mol. The zero-order valence-electron chi connectivity index (χ0n) is 17.5. The van der Waals surface area contributed by atoms with Gasteiger partial charge in [-0.2, -0.15) is 13.2 Å². The number of rotatable bonds is 7. The molecule has 0 radical (unpaired) electrons. The second-order valence-electron chi connectivity index (χ2n) is 6.99. The van der Waals surface area contributed by atoms with E-state index in [1.54, 1.807) is 24.3 Å². The molecule has 0 aliphatic rings. The second kappa shape index (κ2) is 10.2. The van der Waals surface area contributed by atoms with E-state index < -0.39 is 35.1 Å². The fraction of sp³-hybridized carbons (Fsp3) is 0.167. The van der Waals surface area contributed by atoms with Crippen molar-refractivity contribution in [3.63, 3.8) is 0 Å². The third kappa shape index (κ3) is 6.31. The Balaban J connectivity index is 1.76. The number of alkyl halides is 3. The molecule has 172 valence electrons. The lowest BCUT2D eigenvalue weighted by atomic mass is 10.1. The van der Waals surface area contributed by atoms with E-state index >= 15 is 0 Å². The van der Waals surface area contributed by atoms with Crippen LogP contribution >= 0.6 is 0 Å². The molecule has 9 heteroatoms. The van der Waals surface area contributed by atoms with Gasteiger partial charge in [0.2, 0.25) is 5.91 Å². The Morgan fingerprint density at radius 1 is 0.939 bits per heavy atom. The van der Waals surface area contributed by atoms with Gasteiger partial charge < -0.3 is 15.4 Å². The SMILES string of the molecule is CCOc1ccc(CC(=O)Nc2ccc(NC(=O)c3ccccc3F)cc2C(F)(F)F)cc1. The minimum absolute atomic E-state index is 0.143. The molecule has 0 aliphatic heterocycles. The van der Waals surface area contributed by atoms with E-state index in [9.17, 15) is 27.2 Å². The maximum atomic E-state index is 13.8. The van der Waals surface area contributed by atoms with Gasteiger partial charge in [-0.05, 0) is 55.0 Å². The summed E-state index contributed by atoms with van der Waals surface area (Å²) in [5, 5.41) is 4.51. The van der Waals surface area contributed by atoms with Crippen LogP contribution in [-0.2, 0) is 17.4 Å². The molecule has 3 rings (SSSR count). The first-order valence-corrected chi connectivity index (χ1v) is 9.96. The van der Waals surface area contributed by atoms with E-state index in [1.165, 1.54) is 24.3 Å². The number of amides is 2. The van der Waals surface area contributed by atoms with Gasteiger partial charge in [0.05, 0.1) is 29.8 Å². The van der Waals surface area contributed by atoms with E-state index in [1.807, 2.05) is 6.92 Å². The van der Waals surface area contributed by atoms with Gasteiger partial charge in [-0.1, -0.05) is 24.3 Å². The molecule has 0 unspecified atom stereocenters. The molecule has 0 saturated carbocycles. The van der Waals surface area contributed by atoms with Crippen molar-refractivity contribution < 1.29 is 31.9 Å². The van der Waals surface area contributed by atoms with Crippen molar-refractivity contribution >= 4 is 23.2 Å². The summed E-state index contributed by atoms with van der Waals surface area (Å²) in [4.78, 5) is 24.6. The molecule has 0 fully saturated rings. The maximum absolute atomic E-state index is 13.8. The Morgan fingerprint density at radius 3 is 2.27 bits per heavy atom. The van der Waals surface area contributed by atoms with Crippen LogP contribution in [0.25, 0.3) is 0 Å². The molecule has 0 spiro atoms. The first-order chi connectivity index (χ1) is 15.7. The summed E-state index contributed by atoms with van der Waals surface area (Å²) < 4.78 is 59.9. The van der Waals surface area contributed by atoms with E-state index in [0.29, 0.717) is 24.0 Å². The molecule has 2 amide bonds. The number of halogens is 4. The van der Waals surface area contributed by atoms with Gasteiger partial charge in [0.25, 0.3) is 5.91 Å². The predicted octanol–water partition coefficient (Wildman–Crippen LogP) is 5.68. The van der Waals surface area contributed by atoms with Crippen LogP contribution in [-0.4, -0.2) is 18.4 Å². The lowest BCUT2D eigenvalue weighted by Gasteiger charge is -2.16. The number of carbonyl (C=O) groups excluding carboxylic acids is 2. The highest BCUT2D eigenvalue weighted by Gasteiger charge is 2.34. The average Bonchev–Trinajstić information content (AvgIpc) is 2.76. The molecule has 33 heavy (non-hydrogen) atoms. The van der Waals surface area contributed by atoms with Crippen molar-refractivity contribution in [2.75, 3.05) is 17.2 Å². The van der Waals surface area contributed by atoms with Crippen molar-refractivity contribution in [2.24, 2.45) is 0 Å². The molecule has 0 heterocycles. The number of carbonyl (C=O) groups is 2. The van der Waals surface area contributed by atoms with Crippen LogP contribution in [0.5, 0.6) is 5.75 Å². The predicted molar refractivity (Wildman–Crippen MR) is 116 cm³/mol. The molecule has 0 aromatic heterocycles. The second-order valence-corrected chi connectivity index (χ2v) is 6.99. The van der Waals surface area contributed by atoms with Gasteiger partial charge in [-0.3, -0.25) is 9.59 Å². The highest BCUT2D eigenvalue weighted by molar-refractivity contribution is 6.04. The van der Waals surface area contributed by atoms with Crippen LogP contribution in [0, 0.1) is 5.82 Å². The third-order valence-corrected chi connectivity index (χ3v) is 4.57. The fourth-order valence-electron chi connectivity index (χ4n) is 3.06. The van der Waals surface area contributed by atoms with E-state index in [0.717, 1.165) is 12.1 Å². The van der Waals surface area contributed by atoms with Crippen molar-refractivity contribution in [1.82, 2.24) is 0 Å². The zero-order chi connectivity index (χ0) is 24.0. The van der Waals surface area contributed by atoms with Gasteiger partial charge in [0.15, 0.2) is 0 Å². The Bertz CT molecular complexity index is 1150. The summed E-state index contributed by atoms with van der Waals surface area (Å²) in [7, 11) is 0. The molecule has 3 aromatic rings. The molecule has 0 aliphatic carbocycles. The van der Waals surface area contributed by atoms with E-state index in [-0.39, 0.29) is 17.7 Å². The largest absolute Gasteiger partial charge is 0.494 e. The summed E-state index contributed by atoms with van der Waals surface area (Å²) in [6.45, 7) is 2.31. The van der Waals surface area contributed by atoms with E-state index in [4.69, 9.17) is 4.74 Å². The number of benzene rings is 3. The molecule has 2 N–H and O–H groups in total. The van der Waals surface area contributed by atoms with Gasteiger partial charge in [-0.25, -0.2) is 4.39 Å². The van der Waals surface area contributed by atoms with Crippen molar-refractivity contribution in [2.45, 2.75) is 19.5 Å². The number of ether oxygens (including phenoxy) is 1. The molecule has 5 nitrogen and oxygen atoms in total. The van der Waals surface area contributed by atoms with Crippen LogP contribution in [0.15, 0.2) is 66.7 Å². The molecule has 0 atom stereocenters. The number of nitrogens with one attached hydrogen (secondary N) is 2. The lowest BCUT2D eigenvalue weighted by molar-refractivity contribution is -0.136. The van der Waals surface area contributed by atoms with Crippen molar-refractivity contribution in [1.29, 1.82) is 0 Å². The van der Waals surface area contributed by atoms with Gasteiger partial charge >= 0.3 is 6.18 Å². The Labute approximate surface area is 187 Å². The normalized spacial score (nSPS) is 11.1. The Morgan fingerprint density at radius 2 is 1.64 bits per heavy atom. The quantitative estimate of drug-likeness (QED) is 0.446. The minimum Gasteiger partial charge on any atom is -0.494 e. The summed E-state index contributed by atoms with van der Waals surface area (Å²) >= 11 is 0. The number of hydrogen-bond donors (Lipinski definition) is 2. The first kappa shape index (κ1) is 23.8. The number of anilines is 2. The summed E-state index contributed by atoms with van der Waals surface area (Å²) in [6.07, 6.45) is -4.95. The van der Waals surface area contributed by atoms with Gasteiger partial charge in [-0.15, -0.1) is 0 Å². The van der Waals surface area contributed by atoms with Gasteiger partial charge in [0.1, 0.15) is 11.6 Å². The third-order valence-electron chi connectivity index (χ3n) is 4.57. The van der Waals surface area contributed by atoms with Crippen molar-refractivity contribution in [3.8, 4) is 5.75 Å². The average molecular weight is 460 g/mol.